The molecular formula is C23H36N2O3S. The molecule has 1 heterocycles. The van der Waals surface area contributed by atoms with Crippen LogP contribution in [-0.2, 0) is 28.1 Å². The highest BCUT2D eigenvalue weighted by Gasteiger charge is 2.58. The number of carbonyl (C=O) groups excluding carboxylic acids is 1. The van der Waals surface area contributed by atoms with Gasteiger partial charge in [-0.3, -0.25) is 0 Å². The lowest BCUT2D eigenvalue weighted by atomic mass is 9.65. The molecule has 0 radical (unpaired) electrons. The predicted molar refractivity (Wildman–Crippen MR) is 118 cm³/mol. The van der Waals surface area contributed by atoms with E-state index in [1.165, 1.54) is 11.1 Å². The van der Waals surface area contributed by atoms with Gasteiger partial charge in [0.1, 0.15) is 10.3 Å². The van der Waals surface area contributed by atoms with Crippen LogP contribution in [0.5, 0.6) is 0 Å². The molecule has 1 unspecified atom stereocenters. The summed E-state index contributed by atoms with van der Waals surface area (Å²) in [5, 5.41) is 0. The Morgan fingerprint density at radius 3 is 2.28 bits per heavy atom. The first-order valence-electron chi connectivity index (χ1n) is 10.5. The molecule has 1 N–H and O–H groups in total. The molecule has 1 spiro atoms. The fraction of sp³-hybridized carbons (Fsp3) is 0.696. The molecular weight excluding hydrogens is 384 g/mol. The van der Waals surface area contributed by atoms with E-state index in [4.69, 9.17) is 4.74 Å². The van der Waals surface area contributed by atoms with Crippen molar-refractivity contribution in [1.29, 1.82) is 0 Å². The SMILES string of the molecule is CC(C)(C)OC(=O)N1CCC2(CC1)Cc1ccccc1[C@]2(C)N[S+]([O-])C(C)(C)C. The molecule has 5 nitrogen and oxygen atoms in total. The van der Waals surface area contributed by atoms with Crippen molar-refractivity contribution in [1.82, 2.24) is 9.62 Å². The van der Waals surface area contributed by atoms with E-state index in [9.17, 15) is 9.35 Å². The molecule has 1 fully saturated rings. The Hall–Kier alpha value is -1.24. The number of rotatable bonds is 2. The van der Waals surface area contributed by atoms with E-state index in [2.05, 4.69) is 35.9 Å². The molecule has 1 amide bonds. The molecule has 1 saturated heterocycles. The number of carbonyl (C=O) groups is 1. The molecule has 1 aliphatic carbocycles. The van der Waals surface area contributed by atoms with Gasteiger partial charge >= 0.3 is 6.09 Å². The molecule has 162 valence electrons. The number of nitrogens with one attached hydrogen (secondary N) is 1. The van der Waals surface area contributed by atoms with E-state index < -0.39 is 22.5 Å². The van der Waals surface area contributed by atoms with Crippen molar-refractivity contribution in [2.24, 2.45) is 5.41 Å². The quantitative estimate of drug-likeness (QED) is 0.714. The van der Waals surface area contributed by atoms with Crippen LogP contribution in [0.3, 0.4) is 0 Å². The Balaban J connectivity index is 1.86. The number of amides is 1. The molecule has 1 aromatic rings. The van der Waals surface area contributed by atoms with Crippen molar-refractivity contribution in [2.75, 3.05) is 13.1 Å². The highest BCUT2D eigenvalue weighted by atomic mass is 32.2. The van der Waals surface area contributed by atoms with Gasteiger partial charge in [0.05, 0.1) is 5.54 Å². The molecule has 29 heavy (non-hydrogen) atoms. The minimum Gasteiger partial charge on any atom is -0.598 e. The van der Waals surface area contributed by atoms with Crippen LogP contribution in [0.4, 0.5) is 4.79 Å². The summed E-state index contributed by atoms with van der Waals surface area (Å²) in [5.41, 5.74) is 1.59. The zero-order chi connectivity index (χ0) is 21.7. The summed E-state index contributed by atoms with van der Waals surface area (Å²) in [6.07, 6.45) is 2.41. The van der Waals surface area contributed by atoms with Gasteiger partial charge in [0.25, 0.3) is 0 Å². The third kappa shape index (κ3) is 4.30. The minimum absolute atomic E-state index is 0.0733. The molecule has 6 heteroatoms. The van der Waals surface area contributed by atoms with Crippen LogP contribution in [0.2, 0.25) is 0 Å². The number of fused-ring (bicyclic) bond motifs is 1. The molecule has 0 aromatic heterocycles. The Bertz CT molecular complexity index is 760. The average Bonchev–Trinajstić information content (AvgIpc) is 2.82. The summed E-state index contributed by atoms with van der Waals surface area (Å²) in [7, 11) is 0. The molecule has 1 aromatic carbocycles. The number of hydrogen-bond acceptors (Lipinski definition) is 4. The molecule has 0 bridgehead atoms. The number of ether oxygens (including phenoxy) is 1. The minimum atomic E-state index is -1.19. The van der Waals surface area contributed by atoms with E-state index in [-0.39, 0.29) is 16.3 Å². The monoisotopic (exact) mass is 420 g/mol. The summed E-state index contributed by atoms with van der Waals surface area (Å²) in [6.45, 7) is 15.2. The van der Waals surface area contributed by atoms with E-state index in [1.807, 2.05) is 46.4 Å². The van der Waals surface area contributed by atoms with Crippen molar-refractivity contribution in [3.8, 4) is 0 Å². The molecule has 3 rings (SSSR count). The zero-order valence-corrected chi connectivity index (χ0v) is 19.7. The maximum atomic E-state index is 13.1. The first-order chi connectivity index (χ1) is 13.3. The molecule has 2 aliphatic rings. The van der Waals surface area contributed by atoms with Gasteiger partial charge in [-0.2, -0.15) is 0 Å². The van der Waals surface area contributed by atoms with Crippen molar-refractivity contribution in [3.63, 3.8) is 0 Å². The smallest absolute Gasteiger partial charge is 0.410 e. The molecule has 0 saturated carbocycles. The highest BCUT2D eigenvalue weighted by Crippen LogP contribution is 2.56. The van der Waals surface area contributed by atoms with Crippen LogP contribution in [0.15, 0.2) is 24.3 Å². The van der Waals surface area contributed by atoms with Gasteiger partial charge in [-0.1, -0.05) is 24.3 Å². The third-order valence-electron chi connectivity index (χ3n) is 6.37. The van der Waals surface area contributed by atoms with Gasteiger partial charge in [-0.25, -0.2) is 4.79 Å². The Morgan fingerprint density at radius 1 is 1.14 bits per heavy atom. The average molecular weight is 421 g/mol. The summed E-state index contributed by atoms with van der Waals surface area (Å²) in [6, 6.07) is 8.49. The van der Waals surface area contributed by atoms with E-state index in [1.54, 1.807) is 0 Å². The highest BCUT2D eigenvalue weighted by molar-refractivity contribution is 7.90. The van der Waals surface area contributed by atoms with Gasteiger partial charge in [0.15, 0.2) is 0 Å². The normalized spacial score (nSPS) is 25.0. The lowest BCUT2D eigenvalue weighted by Crippen LogP contribution is -2.60. The summed E-state index contributed by atoms with van der Waals surface area (Å²) < 4.78 is 21.9. The van der Waals surface area contributed by atoms with Gasteiger partial charge in [0.2, 0.25) is 0 Å². The maximum absolute atomic E-state index is 13.1. The van der Waals surface area contributed by atoms with Crippen LogP contribution < -0.4 is 4.72 Å². The Labute approximate surface area is 178 Å². The van der Waals surface area contributed by atoms with Crippen LogP contribution in [0, 0.1) is 5.41 Å². The predicted octanol–water partition coefficient (Wildman–Crippen LogP) is 4.53. The lowest BCUT2D eigenvalue weighted by Gasteiger charge is -2.49. The van der Waals surface area contributed by atoms with Gasteiger partial charge in [-0.05, 0) is 78.9 Å². The lowest BCUT2D eigenvalue weighted by molar-refractivity contribution is -0.00325. The Kier molecular flexibility index (Phi) is 5.78. The largest absolute Gasteiger partial charge is 0.598 e. The molecule has 1 aliphatic heterocycles. The number of benzene rings is 1. The first kappa shape index (κ1) is 22.4. The van der Waals surface area contributed by atoms with Crippen molar-refractivity contribution in [3.05, 3.63) is 35.4 Å². The number of nitrogens with zero attached hydrogens (tertiary/aromatic N) is 1. The number of hydrogen-bond donors (Lipinski definition) is 1. The fourth-order valence-corrected chi connectivity index (χ4v) is 5.61. The number of piperidine rings is 1. The van der Waals surface area contributed by atoms with E-state index >= 15 is 0 Å². The van der Waals surface area contributed by atoms with Crippen LogP contribution >= 0.6 is 0 Å². The van der Waals surface area contributed by atoms with Gasteiger partial charge in [0, 0.05) is 29.9 Å². The van der Waals surface area contributed by atoms with Gasteiger partial charge < -0.3 is 14.2 Å². The van der Waals surface area contributed by atoms with E-state index in [0.29, 0.717) is 13.1 Å². The van der Waals surface area contributed by atoms with Crippen molar-refractivity contribution in [2.45, 2.75) is 83.6 Å². The summed E-state index contributed by atoms with van der Waals surface area (Å²) >= 11 is -1.19. The standard InChI is InChI=1S/C23H36N2O3S/c1-20(2,3)28-19(26)25-14-12-23(13-15-25)16-17-10-8-9-11-18(17)22(23,7)24-29(27)21(4,5)6/h8-11,24H,12-16H2,1-7H3/t22-,29?/m0/s1. The molecule has 2 atom stereocenters. The topological polar surface area (TPSA) is 64.6 Å². The summed E-state index contributed by atoms with van der Waals surface area (Å²) in [4.78, 5) is 14.4. The zero-order valence-electron chi connectivity index (χ0n) is 18.9. The second-order valence-electron chi connectivity index (χ2n) is 10.7. The first-order valence-corrected chi connectivity index (χ1v) is 11.7. The summed E-state index contributed by atoms with van der Waals surface area (Å²) in [5.74, 6) is 0. The van der Waals surface area contributed by atoms with Gasteiger partial charge in [-0.15, -0.1) is 4.72 Å². The van der Waals surface area contributed by atoms with Crippen LogP contribution in [-0.4, -0.2) is 39.0 Å². The maximum Gasteiger partial charge on any atom is 0.410 e. The fourth-order valence-electron chi connectivity index (χ4n) is 4.61. The second kappa shape index (κ2) is 7.47. The van der Waals surface area contributed by atoms with Crippen LogP contribution in [0.25, 0.3) is 0 Å². The Morgan fingerprint density at radius 2 is 1.72 bits per heavy atom. The van der Waals surface area contributed by atoms with Crippen LogP contribution in [0.1, 0.15) is 72.4 Å². The van der Waals surface area contributed by atoms with Crippen molar-refractivity contribution < 1.29 is 14.1 Å². The third-order valence-corrected chi connectivity index (χ3v) is 8.08. The van der Waals surface area contributed by atoms with E-state index in [0.717, 1.165) is 19.3 Å². The number of likely N-dealkylation sites (tertiary alicyclic amines) is 1. The second-order valence-corrected chi connectivity index (χ2v) is 12.7. The van der Waals surface area contributed by atoms with Crippen molar-refractivity contribution >= 4 is 17.5 Å².